The lowest BCUT2D eigenvalue weighted by Gasteiger charge is -2.30. The fourth-order valence-corrected chi connectivity index (χ4v) is 2.09. The number of benzene rings is 1. The van der Waals surface area contributed by atoms with Crippen LogP contribution in [0.3, 0.4) is 0 Å². The van der Waals surface area contributed by atoms with E-state index in [1.807, 2.05) is 18.2 Å². The number of aryl methyl sites for hydroxylation is 1. The molecular weight excluding hydrogens is 258 g/mol. The third-order valence-corrected chi connectivity index (χ3v) is 3.07. The zero-order valence-electron chi connectivity index (χ0n) is 11.2. The number of nitrogens with zero attached hydrogens (tertiary/aromatic N) is 2. The van der Waals surface area contributed by atoms with Crippen LogP contribution in [0.4, 0.5) is 5.82 Å². The van der Waals surface area contributed by atoms with Crippen molar-refractivity contribution in [2.24, 2.45) is 7.05 Å². The molecule has 6 nitrogen and oxygen atoms in total. The molecule has 0 fully saturated rings. The summed E-state index contributed by atoms with van der Waals surface area (Å²) < 4.78 is 13.0. The van der Waals surface area contributed by atoms with Gasteiger partial charge in [0.2, 0.25) is 6.10 Å². The summed E-state index contributed by atoms with van der Waals surface area (Å²) in [6.07, 6.45) is 0.688. The third-order valence-electron chi connectivity index (χ3n) is 3.07. The molecule has 0 saturated carbocycles. The van der Waals surface area contributed by atoms with Gasteiger partial charge in [0.25, 0.3) is 5.91 Å². The molecule has 0 aliphatic carbocycles. The SMILES string of the molecule is C[C@H]1Oc2ccccc2O[C@@H]1C(=O)Nc1ccn(C)n1. The van der Waals surface area contributed by atoms with Gasteiger partial charge in [-0.25, -0.2) is 0 Å². The molecule has 1 aromatic heterocycles. The summed E-state index contributed by atoms with van der Waals surface area (Å²) in [5, 5.41) is 6.82. The van der Waals surface area contributed by atoms with Crippen LogP contribution in [0.25, 0.3) is 0 Å². The highest BCUT2D eigenvalue weighted by atomic mass is 16.6. The van der Waals surface area contributed by atoms with Gasteiger partial charge in [-0.05, 0) is 19.1 Å². The number of fused-ring (bicyclic) bond motifs is 1. The summed E-state index contributed by atoms with van der Waals surface area (Å²) in [7, 11) is 1.79. The van der Waals surface area contributed by atoms with Crippen LogP contribution in [0.15, 0.2) is 36.5 Å². The summed E-state index contributed by atoms with van der Waals surface area (Å²) in [6.45, 7) is 1.80. The van der Waals surface area contributed by atoms with E-state index in [1.165, 1.54) is 0 Å². The van der Waals surface area contributed by atoms with Gasteiger partial charge in [-0.1, -0.05) is 12.1 Å². The van der Waals surface area contributed by atoms with Gasteiger partial charge in [0.05, 0.1) is 0 Å². The molecule has 3 rings (SSSR count). The van der Waals surface area contributed by atoms with Crippen LogP contribution in [0.5, 0.6) is 11.5 Å². The van der Waals surface area contributed by atoms with Crippen molar-refractivity contribution < 1.29 is 14.3 Å². The van der Waals surface area contributed by atoms with Gasteiger partial charge >= 0.3 is 0 Å². The van der Waals surface area contributed by atoms with E-state index >= 15 is 0 Å². The van der Waals surface area contributed by atoms with Crippen molar-refractivity contribution in [3.8, 4) is 11.5 Å². The van der Waals surface area contributed by atoms with Gasteiger partial charge in [0.1, 0.15) is 6.10 Å². The maximum Gasteiger partial charge on any atom is 0.270 e. The number of aromatic nitrogens is 2. The van der Waals surface area contributed by atoms with E-state index in [2.05, 4.69) is 10.4 Å². The van der Waals surface area contributed by atoms with Gasteiger partial charge in [-0.2, -0.15) is 5.10 Å². The fraction of sp³-hybridized carbons (Fsp3) is 0.286. The normalized spacial score (nSPS) is 20.5. The monoisotopic (exact) mass is 273 g/mol. The van der Waals surface area contributed by atoms with Gasteiger partial charge in [0, 0.05) is 19.3 Å². The molecule has 2 aromatic rings. The van der Waals surface area contributed by atoms with Crippen LogP contribution in [0.2, 0.25) is 0 Å². The number of hydrogen-bond donors (Lipinski definition) is 1. The standard InChI is InChI=1S/C14H15N3O3/c1-9-13(14(18)15-12-7-8-17(2)16-12)20-11-6-4-3-5-10(11)19-9/h3-9,13H,1-2H3,(H,15,16,18)/t9-,13+/m1/s1. The van der Waals surface area contributed by atoms with Crippen molar-refractivity contribution in [3.05, 3.63) is 36.5 Å². The Balaban J connectivity index is 1.75. The van der Waals surface area contributed by atoms with Crippen molar-refractivity contribution >= 4 is 11.7 Å². The molecule has 0 bridgehead atoms. The van der Waals surface area contributed by atoms with E-state index < -0.39 is 6.10 Å². The Labute approximate surface area is 116 Å². The number of hydrogen-bond acceptors (Lipinski definition) is 4. The van der Waals surface area contributed by atoms with Crippen LogP contribution < -0.4 is 14.8 Å². The van der Waals surface area contributed by atoms with Crippen molar-refractivity contribution in [1.82, 2.24) is 9.78 Å². The maximum atomic E-state index is 12.2. The number of nitrogens with one attached hydrogen (secondary N) is 1. The number of ether oxygens (including phenoxy) is 2. The van der Waals surface area contributed by atoms with Gasteiger partial charge in [-0.15, -0.1) is 0 Å². The van der Waals surface area contributed by atoms with E-state index in [4.69, 9.17) is 9.47 Å². The highest BCUT2D eigenvalue weighted by Crippen LogP contribution is 2.33. The molecule has 20 heavy (non-hydrogen) atoms. The molecule has 2 heterocycles. The minimum atomic E-state index is -0.702. The maximum absolute atomic E-state index is 12.2. The average molecular weight is 273 g/mol. The van der Waals surface area contributed by atoms with Crippen LogP contribution in [0.1, 0.15) is 6.92 Å². The molecule has 0 saturated heterocycles. The first-order chi connectivity index (χ1) is 9.63. The number of anilines is 1. The van der Waals surface area contributed by atoms with Crippen molar-refractivity contribution in [2.45, 2.75) is 19.1 Å². The van der Waals surface area contributed by atoms with E-state index in [1.54, 1.807) is 37.0 Å². The summed E-state index contributed by atoms with van der Waals surface area (Å²) in [6, 6.07) is 9.02. The van der Waals surface area contributed by atoms with Crippen molar-refractivity contribution in [1.29, 1.82) is 0 Å². The van der Waals surface area contributed by atoms with Crippen molar-refractivity contribution in [2.75, 3.05) is 5.32 Å². The Morgan fingerprint density at radius 2 is 1.95 bits per heavy atom. The van der Waals surface area contributed by atoms with Crippen LogP contribution in [-0.2, 0) is 11.8 Å². The van der Waals surface area contributed by atoms with Crippen LogP contribution >= 0.6 is 0 Å². The van der Waals surface area contributed by atoms with Gasteiger partial charge < -0.3 is 14.8 Å². The minimum Gasteiger partial charge on any atom is -0.482 e. The number of carbonyl (C=O) groups excluding carboxylic acids is 1. The van der Waals surface area contributed by atoms with Gasteiger partial charge in [0.15, 0.2) is 17.3 Å². The van der Waals surface area contributed by atoms with E-state index in [0.717, 1.165) is 0 Å². The third kappa shape index (κ3) is 2.32. The summed E-state index contributed by atoms with van der Waals surface area (Å²) in [5.74, 6) is 1.45. The molecule has 1 N–H and O–H groups in total. The highest BCUT2D eigenvalue weighted by Gasteiger charge is 2.34. The topological polar surface area (TPSA) is 65.4 Å². The Kier molecular flexibility index (Phi) is 3.06. The highest BCUT2D eigenvalue weighted by molar-refractivity contribution is 5.94. The van der Waals surface area contributed by atoms with Crippen molar-refractivity contribution in [3.63, 3.8) is 0 Å². The zero-order valence-corrected chi connectivity index (χ0v) is 11.2. The Morgan fingerprint density at radius 3 is 2.60 bits per heavy atom. The molecule has 1 amide bonds. The number of rotatable bonds is 2. The Hall–Kier alpha value is -2.50. The number of carbonyl (C=O) groups is 1. The second-order valence-electron chi connectivity index (χ2n) is 4.67. The molecular formula is C14H15N3O3. The molecule has 2 atom stereocenters. The predicted octanol–water partition coefficient (Wildman–Crippen LogP) is 1.59. The van der Waals surface area contributed by atoms with E-state index in [9.17, 15) is 4.79 Å². The lowest BCUT2D eigenvalue weighted by atomic mass is 10.1. The summed E-state index contributed by atoms with van der Waals surface area (Å²) >= 11 is 0. The molecule has 6 heteroatoms. The predicted molar refractivity (Wildman–Crippen MR) is 72.8 cm³/mol. The first-order valence-corrected chi connectivity index (χ1v) is 6.36. The summed E-state index contributed by atoms with van der Waals surface area (Å²) in [5.41, 5.74) is 0. The molecule has 0 unspecified atom stereocenters. The Morgan fingerprint density at radius 1 is 1.25 bits per heavy atom. The lowest BCUT2D eigenvalue weighted by molar-refractivity contribution is -0.128. The van der Waals surface area contributed by atoms with E-state index in [-0.39, 0.29) is 12.0 Å². The molecule has 0 radical (unpaired) electrons. The summed E-state index contributed by atoms with van der Waals surface area (Å²) in [4.78, 5) is 12.2. The number of amides is 1. The van der Waals surface area contributed by atoms with E-state index in [0.29, 0.717) is 17.3 Å². The molecule has 0 spiro atoms. The number of para-hydroxylation sites is 2. The van der Waals surface area contributed by atoms with Crippen LogP contribution in [0, 0.1) is 0 Å². The second kappa shape index (κ2) is 4.88. The molecule has 1 aliphatic heterocycles. The average Bonchev–Trinajstić information content (AvgIpc) is 2.83. The minimum absolute atomic E-state index is 0.272. The first kappa shape index (κ1) is 12.5. The quantitative estimate of drug-likeness (QED) is 0.902. The zero-order chi connectivity index (χ0) is 14.1. The lowest BCUT2D eigenvalue weighted by Crippen LogP contribution is -2.46. The molecule has 104 valence electrons. The Bertz CT molecular complexity index is 638. The largest absolute Gasteiger partial charge is 0.482 e. The molecule has 1 aromatic carbocycles. The van der Waals surface area contributed by atoms with Gasteiger partial charge in [-0.3, -0.25) is 9.48 Å². The fourth-order valence-electron chi connectivity index (χ4n) is 2.09. The molecule has 1 aliphatic rings. The first-order valence-electron chi connectivity index (χ1n) is 6.36. The smallest absolute Gasteiger partial charge is 0.270 e. The second-order valence-corrected chi connectivity index (χ2v) is 4.67. The van der Waals surface area contributed by atoms with Crippen LogP contribution in [-0.4, -0.2) is 27.9 Å².